The average molecular weight is 426 g/mol. The molecule has 0 aromatic rings. The van der Waals surface area contributed by atoms with Gasteiger partial charge in [0.25, 0.3) is 0 Å². The third-order valence-corrected chi connectivity index (χ3v) is 3.54. The molecule has 0 saturated heterocycles. The van der Waals surface area contributed by atoms with Crippen molar-refractivity contribution in [3.8, 4) is 0 Å². The predicted octanol–water partition coefficient (Wildman–Crippen LogP) is 0.860. The molecule has 0 N–H and O–H groups in total. The van der Waals surface area contributed by atoms with Gasteiger partial charge in [0.2, 0.25) is 0 Å². The molecular weight excluding hydrogens is 417 g/mol. The van der Waals surface area contributed by atoms with Crippen LogP contribution >= 0.6 is 0 Å². The SMILES string of the molecule is O=S(=O)([O-])C(F)(F)C(F)(F)C(F)(F)C(F)CCCCC(F)(F)F.[K+]. The summed E-state index contributed by atoms with van der Waals surface area (Å²) >= 11 is 0. The van der Waals surface area contributed by atoms with E-state index in [4.69, 9.17) is 0 Å². The quantitative estimate of drug-likeness (QED) is 0.251. The van der Waals surface area contributed by atoms with Gasteiger partial charge in [0, 0.05) is 6.42 Å². The zero-order chi connectivity index (χ0) is 18.9. The molecule has 0 aliphatic rings. The van der Waals surface area contributed by atoms with E-state index in [2.05, 4.69) is 0 Å². The van der Waals surface area contributed by atoms with Crippen LogP contribution in [0.25, 0.3) is 0 Å². The summed E-state index contributed by atoms with van der Waals surface area (Å²) in [6.45, 7) is 0. The van der Waals surface area contributed by atoms with Crippen molar-refractivity contribution in [1.82, 2.24) is 0 Å². The zero-order valence-corrected chi connectivity index (χ0v) is 15.8. The first-order valence-electron chi connectivity index (χ1n) is 5.67. The summed E-state index contributed by atoms with van der Waals surface area (Å²) in [5.41, 5.74) is 0. The standard InChI is InChI=1S/C9H10F10O3S.K/c10-5(3-1-2-4-6(11,12)13)7(14,15)8(16,17)9(18,19)23(20,21)22;/h5H,1-4H2,(H,20,21,22);/q;+1/p-1. The van der Waals surface area contributed by atoms with E-state index in [-0.39, 0.29) is 51.4 Å². The molecule has 0 spiro atoms. The molecule has 0 aliphatic carbocycles. The van der Waals surface area contributed by atoms with Crippen molar-refractivity contribution < 1.29 is 108 Å². The van der Waals surface area contributed by atoms with Crippen LogP contribution in [-0.4, -0.2) is 42.4 Å². The van der Waals surface area contributed by atoms with Crippen molar-refractivity contribution in [3.63, 3.8) is 0 Å². The summed E-state index contributed by atoms with van der Waals surface area (Å²) in [4.78, 5) is 0. The molecule has 0 aliphatic heterocycles. The second-order valence-corrected chi connectivity index (χ2v) is 5.92. The Morgan fingerprint density at radius 3 is 1.62 bits per heavy atom. The Hall–Kier alpha value is 0.846. The number of unbranched alkanes of at least 4 members (excludes halogenated alkanes) is 1. The minimum Gasteiger partial charge on any atom is -0.743 e. The molecule has 3 nitrogen and oxygen atoms in total. The van der Waals surface area contributed by atoms with E-state index >= 15 is 0 Å². The van der Waals surface area contributed by atoms with Crippen molar-refractivity contribution in [1.29, 1.82) is 0 Å². The molecule has 0 radical (unpaired) electrons. The fraction of sp³-hybridized carbons (Fsp3) is 1.00. The summed E-state index contributed by atoms with van der Waals surface area (Å²) in [5.74, 6) is -13.2. The van der Waals surface area contributed by atoms with E-state index in [1.807, 2.05) is 0 Å². The van der Waals surface area contributed by atoms with E-state index in [1.165, 1.54) is 0 Å². The molecule has 0 aromatic heterocycles. The van der Waals surface area contributed by atoms with Crippen LogP contribution in [-0.2, 0) is 10.1 Å². The summed E-state index contributed by atoms with van der Waals surface area (Å²) in [5, 5.41) is -6.81. The first-order chi connectivity index (χ1) is 9.88. The van der Waals surface area contributed by atoms with E-state index in [0.717, 1.165) is 0 Å². The van der Waals surface area contributed by atoms with E-state index in [9.17, 15) is 56.9 Å². The summed E-state index contributed by atoms with van der Waals surface area (Å²) < 4.78 is 155. The van der Waals surface area contributed by atoms with Gasteiger partial charge in [0.15, 0.2) is 16.3 Å². The predicted molar refractivity (Wildman–Crippen MR) is 54.0 cm³/mol. The largest absolute Gasteiger partial charge is 1.00 e. The minimum atomic E-state index is -7.25. The van der Waals surface area contributed by atoms with Crippen LogP contribution in [0.4, 0.5) is 43.9 Å². The minimum absolute atomic E-state index is 0. The summed E-state index contributed by atoms with van der Waals surface area (Å²) in [6.07, 6.45) is -14.0. The van der Waals surface area contributed by atoms with Crippen molar-refractivity contribution in [3.05, 3.63) is 0 Å². The van der Waals surface area contributed by atoms with Gasteiger partial charge in [-0.05, 0) is 19.3 Å². The molecular formula is C9H9F10KO3S. The number of rotatable bonds is 8. The average Bonchev–Trinajstić information content (AvgIpc) is 2.31. The number of hydrogen-bond donors (Lipinski definition) is 0. The molecule has 140 valence electrons. The van der Waals surface area contributed by atoms with Gasteiger partial charge in [0.05, 0.1) is 0 Å². The van der Waals surface area contributed by atoms with E-state index in [1.54, 1.807) is 0 Å². The first kappa shape index (κ1) is 27.1. The van der Waals surface area contributed by atoms with Gasteiger partial charge >= 0.3 is 74.7 Å². The second kappa shape index (κ2) is 8.69. The Balaban J connectivity index is 0. The van der Waals surface area contributed by atoms with Crippen LogP contribution in [0.1, 0.15) is 25.7 Å². The second-order valence-electron chi connectivity index (χ2n) is 4.50. The molecule has 0 aromatic carbocycles. The third-order valence-electron chi connectivity index (χ3n) is 2.66. The summed E-state index contributed by atoms with van der Waals surface area (Å²) in [7, 11) is -7.25. The number of hydrogen-bond acceptors (Lipinski definition) is 3. The van der Waals surface area contributed by atoms with Crippen LogP contribution in [0.2, 0.25) is 0 Å². The Kier molecular flexibility index (Phi) is 9.80. The van der Waals surface area contributed by atoms with Gasteiger partial charge in [-0.1, -0.05) is 0 Å². The monoisotopic (exact) mass is 426 g/mol. The normalized spacial score (nSPS) is 15.8. The van der Waals surface area contributed by atoms with Crippen LogP contribution in [0, 0.1) is 0 Å². The fourth-order valence-electron chi connectivity index (χ4n) is 1.38. The molecule has 0 fully saturated rings. The van der Waals surface area contributed by atoms with E-state index < -0.39 is 65.2 Å². The van der Waals surface area contributed by atoms with Gasteiger partial charge < -0.3 is 4.55 Å². The van der Waals surface area contributed by atoms with Gasteiger partial charge in [-0.15, -0.1) is 0 Å². The fourth-order valence-corrected chi connectivity index (χ4v) is 1.83. The molecule has 1 atom stereocenters. The van der Waals surface area contributed by atoms with Crippen molar-refractivity contribution in [2.24, 2.45) is 0 Å². The number of halogens is 10. The first-order valence-corrected chi connectivity index (χ1v) is 7.08. The van der Waals surface area contributed by atoms with Gasteiger partial charge in [-0.25, -0.2) is 12.8 Å². The Morgan fingerprint density at radius 2 is 1.29 bits per heavy atom. The summed E-state index contributed by atoms with van der Waals surface area (Å²) in [6, 6.07) is 0. The van der Waals surface area contributed by atoms with Crippen molar-refractivity contribution >= 4 is 10.1 Å². The van der Waals surface area contributed by atoms with Crippen LogP contribution in [0.3, 0.4) is 0 Å². The molecule has 0 saturated carbocycles. The van der Waals surface area contributed by atoms with Gasteiger partial charge in [0.1, 0.15) is 0 Å². The molecule has 1 unspecified atom stereocenters. The molecule has 0 rings (SSSR count). The molecule has 15 heteroatoms. The Labute approximate surface area is 172 Å². The third kappa shape index (κ3) is 6.23. The van der Waals surface area contributed by atoms with Gasteiger partial charge in [-0.3, -0.25) is 0 Å². The van der Waals surface area contributed by atoms with Crippen molar-refractivity contribution in [2.75, 3.05) is 0 Å². The maximum atomic E-state index is 13.1. The zero-order valence-electron chi connectivity index (χ0n) is 11.8. The topological polar surface area (TPSA) is 57.2 Å². The molecule has 0 bridgehead atoms. The van der Waals surface area contributed by atoms with Crippen LogP contribution in [0.5, 0.6) is 0 Å². The Bertz CT molecular complexity index is 504. The maximum Gasteiger partial charge on any atom is 1.00 e. The van der Waals surface area contributed by atoms with E-state index in [0.29, 0.717) is 0 Å². The molecule has 0 amide bonds. The number of alkyl halides is 10. The van der Waals surface area contributed by atoms with Crippen molar-refractivity contribution in [2.45, 2.75) is 55.1 Å². The van der Waals surface area contributed by atoms with Gasteiger partial charge in [-0.2, -0.15) is 39.5 Å². The Morgan fingerprint density at radius 1 is 0.875 bits per heavy atom. The molecule has 24 heavy (non-hydrogen) atoms. The van der Waals surface area contributed by atoms with Crippen LogP contribution in [0.15, 0.2) is 0 Å². The smallest absolute Gasteiger partial charge is 0.743 e. The van der Waals surface area contributed by atoms with Crippen LogP contribution < -0.4 is 51.4 Å². The molecule has 0 heterocycles. The maximum absolute atomic E-state index is 13.1.